The summed E-state index contributed by atoms with van der Waals surface area (Å²) in [6, 6.07) is 5.59. The summed E-state index contributed by atoms with van der Waals surface area (Å²) >= 11 is 0. The Morgan fingerprint density at radius 1 is 1.40 bits per heavy atom. The normalized spacial score (nSPS) is 12.9. The molecule has 6 heteroatoms. The highest BCUT2D eigenvalue weighted by atomic mass is 35.5. The standard InChI is InChI=1S/C14H19N3O2.ClH/c1-14(2,13(15)19)8-17-12(18)10-3-4-11-9(7-10)5-6-16-11;/h3-4,7,16H,5-6,8H2,1-2H3,(H2,15,19)(H,17,18);1H. The van der Waals surface area contributed by atoms with Gasteiger partial charge in [-0.1, -0.05) is 0 Å². The summed E-state index contributed by atoms with van der Waals surface area (Å²) in [6.07, 6.45) is 0.934. The van der Waals surface area contributed by atoms with Gasteiger partial charge in [0.25, 0.3) is 5.91 Å². The quantitative estimate of drug-likeness (QED) is 0.783. The summed E-state index contributed by atoms with van der Waals surface area (Å²) in [4.78, 5) is 23.2. The molecule has 1 heterocycles. The van der Waals surface area contributed by atoms with Crippen LogP contribution in [0.15, 0.2) is 18.2 Å². The molecule has 0 saturated carbocycles. The van der Waals surface area contributed by atoms with Gasteiger partial charge in [0.15, 0.2) is 0 Å². The molecule has 0 saturated heterocycles. The number of carbonyl (C=O) groups excluding carboxylic acids is 2. The minimum Gasteiger partial charge on any atom is -0.384 e. The van der Waals surface area contributed by atoms with Gasteiger partial charge in [-0.25, -0.2) is 0 Å². The van der Waals surface area contributed by atoms with Gasteiger partial charge in [0.2, 0.25) is 5.91 Å². The van der Waals surface area contributed by atoms with Gasteiger partial charge in [-0.05, 0) is 44.0 Å². The maximum Gasteiger partial charge on any atom is 0.251 e. The van der Waals surface area contributed by atoms with Crippen molar-refractivity contribution in [1.82, 2.24) is 5.32 Å². The van der Waals surface area contributed by atoms with E-state index in [4.69, 9.17) is 5.73 Å². The first kappa shape index (κ1) is 16.3. The average Bonchev–Trinajstić information content (AvgIpc) is 2.82. The summed E-state index contributed by atoms with van der Waals surface area (Å²) in [5.74, 6) is -0.602. The van der Waals surface area contributed by atoms with Crippen molar-refractivity contribution < 1.29 is 9.59 Å². The molecule has 1 aliphatic heterocycles. The molecule has 2 rings (SSSR count). The van der Waals surface area contributed by atoms with Gasteiger partial charge in [-0.15, -0.1) is 12.4 Å². The number of nitrogens with one attached hydrogen (secondary N) is 2. The highest BCUT2D eigenvalue weighted by molar-refractivity contribution is 5.95. The minimum absolute atomic E-state index is 0. The first-order valence-corrected chi connectivity index (χ1v) is 6.35. The molecule has 2 amide bonds. The maximum absolute atomic E-state index is 12.0. The Balaban J connectivity index is 0.00000200. The predicted molar refractivity (Wildman–Crippen MR) is 81.2 cm³/mol. The van der Waals surface area contributed by atoms with Crippen LogP contribution >= 0.6 is 12.4 Å². The molecular formula is C14H20ClN3O2. The van der Waals surface area contributed by atoms with E-state index < -0.39 is 11.3 Å². The first-order chi connectivity index (χ1) is 8.90. The SMILES string of the molecule is CC(C)(CNC(=O)c1ccc2c(c1)CCN2)C(N)=O.Cl. The summed E-state index contributed by atoms with van der Waals surface area (Å²) in [6.45, 7) is 4.57. The zero-order valence-corrected chi connectivity index (χ0v) is 12.5. The smallest absolute Gasteiger partial charge is 0.251 e. The molecule has 1 aromatic carbocycles. The van der Waals surface area contributed by atoms with E-state index in [1.807, 2.05) is 12.1 Å². The number of hydrogen-bond acceptors (Lipinski definition) is 3. The Morgan fingerprint density at radius 2 is 2.10 bits per heavy atom. The molecule has 0 fully saturated rings. The van der Waals surface area contributed by atoms with Crippen molar-refractivity contribution in [2.24, 2.45) is 11.1 Å². The Labute approximate surface area is 124 Å². The van der Waals surface area contributed by atoms with Crippen LogP contribution in [0.5, 0.6) is 0 Å². The molecule has 0 aliphatic carbocycles. The maximum atomic E-state index is 12.0. The van der Waals surface area contributed by atoms with Crippen LogP contribution in [0.1, 0.15) is 29.8 Å². The fourth-order valence-electron chi connectivity index (χ4n) is 1.94. The second kappa shape index (κ2) is 6.13. The van der Waals surface area contributed by atoms with Crippen LogP contribution in [0.25, 0.3) is 0 Å². The third kappa shape index (κ3) is 3.42. The van der Waals surface area contributed by atoms with Crippen molar-refractivity contribution in [2.75, 3.05) is 18.4 Å². The van der Waals surface area contributed by atoms with Crippen molar-refractivity contribution >= 4 is 29.9 Å². The first-order valence-electron chi connectivity index (χ1n) is 6.35. The van der Waals surface area contributed by atoms with Gasteiger partial charge in [0.05, 0.1) is 5.41 Å². The minimum atomic E-state index is -0.742. The fourth-order valence-corrected chi connectivity index (χ4v) is 1.94. The average molecular weight is 298 g/mol. The number of carbonyl (C=O) groups is 2. The lowest BCUT2D eigenvalue weighted by Crippen LogP contribution is -2.42. The van der Waals surface area contributed by atoms with Crippen molar-refractivity contribution in [3.8, 4) is 0 Å². The zero-order valence-electron chi connectivity index (χ0n) is 11.7. The third-order valence-electron chi connectivity index (χ3n) is 3.44. The van der Waals surface area contributed by atoms with Crippen LogP contribution < -0.4 is 16.4 Å². The van der Waals surface area contributed by atoms with E-state index in [0.29, 0.717) is 5.56 Å². The Hall–Kier alpha value is -1.75. The van der Waals surface area contributed by atoms with Gasteiger partial charge in [-0.2, -0.15) is 0 Å². The van der Waals surface area contributed by atoms with Crippen molar-refractivity contribution in [1.29, 1.82) is 0 Å². The summed E-state index contributed by atoms with van der Waals surface area (Å²) in [5.41, 5.74) is 7.39. The van der Waals surface area contributed by atoms with Crippen LogP contribution in [-0.4, -0.2) is 24.9 Å². The van der Waals surface area contributed by atoms with Crippen LogP contribution in [-0.2, 0) is 11.2 Å². The molecule has 0 aromatic heterocycles. The second-order valence-electron chi connectivity index (χ2n) is 5.48. The van der Waals surface area contributed by atoms with Crippen molar-refractivity contribution in [3.05, 3.63) is 29.3 Å². The molecule has 0 bridgehead atoms. The number of benzene rings is 1. The molecule has 1 aliphatic rings. The molecule has 5 nitrogen and oxygen atoms in total. The molecule has 4 N–H and O–H groups in total. The van der Waals surface area contributed by atoms with E-state index in [9.17, 15) is 9.59 Å². The van der Waals surface area contributed by atoms with E-state index in [0.717, 1.165) is 24.2 Å². The van der Waals surface area contributed by atoms with Gasteiger partial charge < -0.3 is 16.4 Å². The zero-order chi connectivity index (χ0) is 14.0. The van der Waals surface area contributed by atoms with Gasteiger partial charge in [0, 0.05) is 24.3 Å². The topological polar surface area (TPSA) is 84.2 Å². The lowest BCUT2D eigenvalue weighted by Gasteiger charge is -2.20. The van der Waals surface area contributed by atoms with Crippen molar-refractivity contribution in [2.45, 2.75) is 20.3 Å². The predicted octanol–water partition coefficient (Wildman–Crippen LogP) is 1.32. The largest absolute Gasteiger partial charge is 0.384 e. The number of fused-ring (bicyclic) bond motifs is 1. The van der Waals surface area contributed by atoms with E-state index in [1.165, 1.54) is 0 Å². The Morgan fingerprint density at radius 3 is 2.75 bits per heavy atom. The molecule has 1 aromatic rings. The van der Waals surface area contributed by atoms with Crippen LogP contribution in [0.2, 0.25) is 0 Å². The second-order valence-corrected chi connectivity index (χ2v) is 5.48. The number of rotatable bonds is 4. The molecule has 110 valence electrons. The highest BCUT2D eigenvalue weighted by Gasteiger charge is 2.25. The molecule has 0 atom stereocenters. The summed E-state index contributed by atoms with van der Waals surface area (Å²) in [7, 11) is 0. The number of amides is 2. The third-order valence-corrected chi connectivity index (χ3v) is 3.44. The van der Waals surface area contributed by atoms with E-state index in [2.05, 4.69) is 10.6 Å². The van der Waals surface area contributed by atoms with E-state index >= 15 is 0 Å². The van der Waals surface area contributed by atoms with Gasteiger partial charge >= 0.3 is 0 Å². The van der Waals surface area contributed by atoms with E-state index in [1.54, 1.807) is 19.9 Å². The Bertz CT molecular complexity index is 529. The number of anilines is 1. The fraction of sp³-hybridized carbons (Fsp3) is 0.429. The number of hydrogen-bond donors (Lipinski definition) is 3. The monoisotopic (exact) mass is 297 g/mol. The lowest BCUT2D eigenvalue weighted by atomic mass is 9.92. The van der Waals surface area contributed by atoms with E-state index in [-0.39, 0.29) is 24.9 Å². The molecule has 0 spiro atoms. The Kier molecular flexibility index (Phi) is 5.00. The summed E-state index contributed by atoms with van der Waals surface area (Å²) in [5, 5.41) is 6.00. The van der Waals surface area contributed by atoms with Gasteiger partial charge in [-0.3, -0.25) is 9.59 Å². The lowest BCUT2D eigenvalue weighted by molar-refractivity contribution is -0.125. The van der Waals surface area contributed by atoms with Crippen LogP contribution in [0.3, 0.4) is 0 Å². The van der Waals surface area contributed by atoms with Gasteiger partial charge in [0.1, 0.15) is 0 Å². The summed E-state index contributed by atoms with van der Waals surface area (Å²) < 4.78 is 0. The van der Waals surface area contributed by atoms with Crippen LogP contribution in [0.4, 0.5) is 5.69 Å². The molecule has 0 radical (unpaired) electrons. The molecule has 0 unspecified atom stereocenters. The van der Waals surface area contributed by atoms with Crippen molar-refractivity contribution in [3.63, 3.8) is 0 Å². The van der Waals surface area contributed by atoms with Crippen LogP contribution in [0, 0.1) is 5.41 Å². The molecular weight excluding hydrogens is 278 g/mol. The number of halogens is 1. The number of nitrogens with two attached hydrogens (primary N) is 1. The molecule has 20 heavy (non-hydrogen) atoms. The highest BCUT2D eigenvalue weighted by Crippen LogP contribution is 2.23. The number of primary amides is 1.